The zero-order valence-electron chi connectivity index (χ0n) is 10.0. The van der Waals surface area contributed by atoms with Crippen molar-refractivity contribution in [2.75, 3.05) is 5.73 Å². The van der Waals surface area contributed by atoms with Crippen molar-refractivity contribution in [3.8, 4) is 5.75 Å². The average molecular weight is 362 g/mol. The highest BCUT2D eigenvalue weighted by molar-refractivity contribution is 9.10. The molecule has 0 bridgehead atoms. The molecule has 0 spiro atoms. The third-order valence-corrected chi connectivity index (χ3v) is 3.56. The third-order valence-electron chi connectivity index (χ3n) is 2.55. The van der Waals surface area contributed by atoms with Crippen molar-refractivity contribution in [2.24, 2.45) is 0 Å². The van der Waals surface area contributed by atoms with Gasteiger partial charge in [0.2, 0.25) is 0 Å². The summed E-state index contributed by atoms with van der Waals surface area (Å²) in [5.74, 6) is 0.825. The van der Waals surface area contributed by atoms with Gasteiger partial charge in [0.25, 0.3) is 0 Å². The average Bonchev–Trinajstić information content (AvgIpc) is 2.36. The molecule has 1 atom stereocenters. The number of ether oxygens (including phenoxy) is 1. The number of aromatic nitrogens is 1. The number of hydrogen-bond donors (Lipinski definition) is 1. The van der Waals surface area contributed by atoms with E-state index in [0.717, 1.165) is 10.0 Å². The van der Waals surface area contributed by atoms with Crippen LogP contribution in [0.4, 0.5) is 5.82 Å². The lowest BCUT2D eigenvalue weighted by molar-refractivity contribution is 0.227. The second-order valence-electron chi connectivity index (χ2n) is 3.96. The van der Waals surface area contributed by atoms with Gasteiger partial charge in [-0.1, -0.05) is 23.2 Å². The fraction of sp³-hybridized carbons (Fsp3) is 0.154. The van der Waals surface area contributed by atoms with Crippen LogP contribution in [-0.2, 0) is 0 Å². The highest BCUT2D eigenvalue weighted by atomic mass is 79.9. The lowest BCUT2D eigenvalue weighted by atomic mass is 10.1. The van der Waals surface area contributed by atoms with E-state index in [2.05, 4.69) is 20.9 Å². The molecular weight excluding hydrogens is 351 g/mol. The summed E-state index contributed by atoms with van der Waals surface area (Å²) in [6, 6.07) is 7.00. The summed E-state index contributed by atoms with van der Waals surface area (Å²) in [7, 11) is 0. The van der Waals surface area contributed by atoms with Gasteiger partial charge in [-0.3, -0.25) is 0 Å². The lowest BCUT2D eigenvalue weighted by Gasteiger charge is -2.17. The van der Waals surface area contributed by atoms with E-state index in [1.165, 1.54) is 0 Å². The van der Waals surface area contributed by atoms with Gasteiger partial charge in [-0.25, -0.2) is 4.98 Å². The predicted octanol–water partition coefficient (Wildman–Crippen LogP) is 4.87. The van der Waals surface area contributed by atoms with E-state index in [1.54, 1.807) is 30.5 Å². The van der Waals surface area contributed by atoms with Crippen molar-refractivity contribution in [3.63, 3.8) is 0 Å². The van der Waals surface area contributed by atoms with Crippen LogP contribution in [0.25, 0.3) is 0 Å². The molecule has 1 unspecified atom stereocenters. The molecule has 1 heterocycles. The molecule has 0 aliphatic carbocycles. The molecule has 0 aliphatic heterocycles. The Morgan fingerprint density at radius 3 is 2.79 bits per heavy atom. The van der Waals surface area contributed by atoms with Crippen LogP contribution in [0.1, 0.15) is 18.6 Å². The Kier molecular flexibility index (Phi) is 4.55. The Balaban J connectivity index is 2.27. The predicted molar refractivity (Wildman–Crippen MR) is 81.9 cm³/mol. The number of pyridine rings is 1. The number of nitrogen functional groups attached to an aromatic ring is 1. The van der Waals surface area contributed by atoms with E-state index in [9.17, 15) is 0 Å². The summed E-state index contributed by atoms with van der Waals surface area (Å²) >= 11 is 15.4. The minimum Gasteiger partial charge on any atom is -0.482 e. The second-order valence-corrected chi connectivity index (χ2v) is 5.72. The zero-order valence-corrected chi connectivity index (χ0v) is 13.1. The van der Waals surface area contributed by atoms with Crippen molar-refractivity contribution in [2.45, 2.75) is 13.0 Å². The first-order valence-corrected chi connectivity index (χ1v) is 7.05. The van der Waals surface area contributed by atoms with Gasteiger partial charge >= 0.3 is 0 Å². The maximum atomic E-state index is 6.13. The van der Waals surface area contributed by atoms with Crippen LogP contribution >= 0.6 is 39.1 Å². The van der Waals surface area contributed by atoms with Gasteiger partial charge < -0.3 is 10.5 Å². The number of rotatable bonds is 3. The molecule has 0 saturated heterocycles. The summed E-state index contributed by atoms with van der Waals surface area (Å²) in [5.41, 5.74) is 6.57. The van der Waals surface area contributed by atoms with Gasteiger partial charge in [0.1, 0.15) is 6.10 Å². The summed E-state index contributed by atoms with van der Waals surface area (Å²) in [4.78, 5) is 4.01. The number of nitrogens with two attached hydrogens (primary N) is 1. The maximum Gasteiger partial charge on any atom is 0.166 e. The van der Waals surface area contributed by atoms with Gasteiger partial charge in [-0.15, -0.1) is 0 Å². The minimum absolute atomic E-state index is 0.287. The van der Waals surface area contributed by atoms with E-state index >= 15 is 0 Å². The van der Waals surface area contributed by atoms with E-state index in [0.29, 0.717) is 21.6 Å². The van der Waals surface area contributed by atoms with Gasteiger partial charge in [0.15, 0.2) is 11.6 Å². The molecule has 2 N–H and O–H groups in total. The van der Waals surface area contributed by atoms with Crippen molar-refractivity contribution in [3.05, 3.63) is 50.5 Å². The number of benzene rings is 1. The normalized spacial score (nSPS) is 12.2. The van der Waals surface area contributed by atoms with Crippen LogP contribution in [0.15, 0.2) is 34.9 Å². The highest BCUT2D eigenvalue weighted by Crippen LogP contribution is 2.32. The molecule has 0 amide bonds. The Morgan fingerprint density at radius 2 is 2.05 bits per heavy atom. The van der Waals surface area contributed by atoms with Gasteiger partial charge in [0.05, 0.1) is 0 Å². The summed E-state index contributed by atoms with van der Waals surface area (Å²) < 4.78 is 6.58. The van der Waals surface area contributed by atoms with Gasteiger partial charge in [-0.2, -0.15) is 0 Å². The standard InChI is InChI=1S/C13H11BrCl2N2O/c1-7(10-5-9(15)2-3-11(10)16)19-12-4-8(14)6-18-13(12)17/h2-7H,1H3,(H2,17,18). The minimum atomic E-state index is -0.287. The molecule has 0 aliphatic rings. The highest BCUT2D eigenvalue weighted by Gasteiger charge is 2.14. The Morgan fingerprint density at radius 1 is 1.32 bits per heavy atom. The molecule has 100 valence electrons. The fourth-order valence-corrected chi connectivity index (χ4v) is 2.37. The molecule has 19 heavy (non-hydrogen) atoms. The Bertz CT molecular complexity index is 607. The quantitative estimate of drug-likeness (QED) is 0.847. The molecular formula is C13H11BrCl2N2O. The number of halogens is 3. The van der Waals surface area contributed by atoms with E-state index in [-0.39, 0.29) is 6.10 Å². The first kappa shape index (κ1) is 14.4. The molecule has 1 aromatic carbocycles. The third kappa shape index (κ3) is 3.53. The topological polar surface area (TPSA) is 48.1 Å². The van der Waals surface area contributed by atoms with E-state index in [1.807, 2.05) is 6.92 Å². The Labute approximate surface area is 129 Å². The SMILES string of the molecule is CC(Oc1cc(Br)cnc1N)c1cc(Cl)ccc1Cl. The monoisotopic (exact) mass is 360 g/mol. The number of hydrogen-bond acceptors (Lipinski definition) is 3. The molecule has 0 saturated carbocycles. The molecule has 0 fully saturated rings. The van der Waals surface area contributed by atoms with Crippen molar-refractivity contribution in [1.29, 1.82) is 0 Å². The number of anilines is 1. The van der Waals surface area contributed by atoms with Gasteiger partial charge in [0, 0.05) is 26.3 Å². The number of nitrogens with zero attached hydrogens (tertiary/aromatic N) is 1. The smallest absolute Gasteiger partial charge is 0.166 e. The largest absolute Gasteiger partial charge is 0.482 e. The van der Waals surface area contributed by atoms with Crippen LogP contribution in [0, 0.1) is 0 Å². The van der Waals surface area contributed by atoms with Crippen LogP contribution in [0.3, 0.4) is 0 Å². The van der Waals surface area contributed by atoms with Crippen molar-refractivity contribution in [1.82, 2.24) is 4.98 Å². The Hall–Kier alpha value is -0.970. The molecule has 3 nitrogen and oxygen atoms in total. The zero-order chi connectivity index (χ0) is 14.0. The second kappa shape index (κ2) is 5.99. The van der Waals surface area contributed by atoms with Crippen LogP contribution < -0.4 is 10.5 Å². The van der Waals surface area contributed by atoms with Crippen LogP contribution in [-0.4, -0.2) is 4.98 Å². The van der Waals surface area contributed by atoms with E-state index in [4.69, 9.17) is 33.7 Å². The van der Waals surface area contributed by atoms with Gasteiger partial charge in [-0.05, 0) is 47.1 Å². The van der Waals surface area contributed by atoms with Crippen molar-refractivity contribution >= 4 is 44.9 Å². The van der Waals surface area contributed by atoms with Crippen LogP contribution in [0.2, 0.25) is 10.0 Å². The van der Waals surface area contributed by atoms with Crippen molar-refractivity contribution < 1.29 is 4.74 Å². The molecule has 0 radical (unpaired) electrons. The first-order valence-electron chi connectivity index (χ1n) is 5.50. The molecule has 2 rings (SSSR count). The summed E-state index contributed by atoms with van der Waals surface area (Å²) in [5, 5.41) is 1.20. The molecule has 2 aromatic rings. The summed E-state index contributed by atoms with van der Waals surface area (Å²) in [6.07, 6.45) is 1.32. The first-order chi connectivity index (χ1) is 8.97. The summed E-state index contributed by atoms with van der Waals surface area (Å²) in [6.45, 7) is 1.87. The lowest BCUT2D eigenvalue weighted by Crippen LogP contribution is -2.06. The fourth-order valence-electron chi connectivity index (χ4n) is 1.61. The van der Waals surface area contributed by atoms with Crippen LogP contribution in [0.5, 0.6) is 5.75 Å². The van der Waals surface area contributed by atoms with E-state index < -0.39 is 0 Å². The maximum absolute atomic E-state index is 6.13. The molecule has 6 heteroatoms. The molecule has 1 aromatic heterocycles.